The van der Waals surface area contributed by atoms with E-state index in [-0.39, 0.29) is 17.1 Å². The van der Waals surface area contributed by atoms with E-state index in [1.165, 1.54) is 0 Å². The molecule has 1 aromatic heterocycles. The average Bonchev–Trinajstić information content (AvgIpc) is 3.09. The number of hydrogen-bond acceptors (Lipinski definition) is 2. The third-order valence-corrected chi connectivity index (χ3v) is 5.67. The molecule has 1 aliphatic heterocycles. The molecule has 0 saturated carbocycles. The molecule has 0 bridgehead atoms. The number of rotatable bonds is 2. The van der Waals surface area contributed by atoms with Gasteiger partial charge in [0.2, 0.25) is 5.66 Å². The van der Waals surface area contributed by atoms with Crippen molar-refractivity contribution in [1.29, 1.82) is 0 Å². The molecule has 4 aromatic rings. The van der Waals surface area contributed by atoms with Crippen LogP contribution in [-0.4, -0.2) is 16.0 Å². The van der Waals surface area contributed by atoms with Crippen molar-refractivity contribution in [3.8, 4) is 11.3 Å². The molecule has 1 atom stereocenters. The normalized spacial score (nSPS) is 18.3. The summed E-state index contributed by atoms with van der Waals surface area (Å²) >= 11 is 6.20. The lowest BCUT2D eigenvalue weighted by molar-refractivity contribution is -0.208. The number of alkyl halides is 3. The highest BCUT2D eigenvalue weighted by Crippen LogP contribution is 2.49. The van der Waals surface area contributed by atoms with Gasteiger partial charge in [0.1, 0.15) is 0 Å². The highest BCUT2D eigenvalue weighted by Gasteiger charge is 2.60. The maximum absolute atomic E-state index is 14.7. The standard InChI is InChI=1S/C22H15ClF3N3/c23-17-10-4-6-12-19(17)27-21(22(24,25)26)13-14-7-1-2-8-15(14)20-16-9-3-5-11-18(16)28-29(20)21/h1-12,27H,13H2. The van der Waals surface area contributed by atoms with Gasteiger partial charge in [0.15, 0.2) is 0 Å². The molecule has 1 N–H and O–H groups in total. The van der Waals surface area contributed by atoms with Gasteiger partial charge in [-0.15, -0.1) is 0 Å². The predicted octanol–water partition coefficient (Wildman–Crippen LogP) is 6.24. The Morgan fingerprint density at radius 1 is 0.931 bits per heavy atom. The van der Waals surface area contributed by atoms with E-state index in [9.17, 15) is 13.2 Å². The monoisotopic (exact) mass is 413 g/mol. The number of anilines is 1. The molecule has 3 nitrogen and oxygen atoms in total. The van der Waals surface area contributed by atoms with Gasteiger partial charge < -0.3 is 5.32 Å². The van der Waals surface area contributed by atoms with Crippen LogP contribution >= 0.6 is 11.6 Å². The molecular formula is C22H15ClF3N3. The summed E-state index contributed by atoms with van der Waals surface area (Å²) in [5, 5.41) is 7.98. The minimum Gasteiger partial charge on any atom is -0.352 e. The Morgan fingerprint density at radius 3 is 2.41 bits per heavy atom. The highest BCUT2D eigenvalue weighted by atomic mass is 35.5. The van der Waals surface area contributed by atoms with Crippen molar-refractivity contribution in [3.05, 3.63) is 83.4 Å². The zero-order chi connectivity index (χ0) is 20.2. The van der Waals surface area contributed by atoms with Crippen LogP contribution in [0.5, 0.6) is 0 Å². The Balaban J connectivity index is 1.85. The van der Waals surface area contributed by atoms with Crippen LogP contribution in [0.3, 0.4) is 0 Å². The maximum Gasteiger partial charge on any atom is 0.432 e. The van der Waals surface area contributed by atoms with Crippen LogP contribution in [0.2, 0.25) is 5.02 Å². The SMILES string of the molecule is FC(F)(F)C1(Nc2ccccc2Cl)Cc2ccccc2-c2c3ccccc3nn21. The topological polar surface area (TPSA) is 29.9 Å². The van der Waals surface area contributed by atoms with Crippen molar-refractivity contribution < 1.29 is 13.2 Å². The Morgan fingerprint density at radius 2 is 1.62 bits per heavy atom. The predicted molar refractivity (Wildman–Crippen MR) is 108 cm³/mol. The molecule has 2 heterocycles. The Labute approximate surface area is 169 Å². The lowest BCUT2D eigenvalue weighted by atomic mass is 9.88. The second kappa shape index (κ2) is 6.26. The quantitative estimate of drug-likeness (QED) is 0.421. The van der Waals surface area contributed by atoms with Gasteiger partial charge in [-0.1, -0.05) is 66.2 Å². The van der Waals surface area contributed by atoms with E-state index in [2.05, 4.69) is 10.4 Å². The molecule has 0 radical (unpaired) electrons. The summed E-state index contributed by atoms with van der Waals surface area (Å²) in [5.41, 5.74) is 0.0369. The van der Waals surface area contributed by atoms with Gasteiger partial charge in [0.05, 0.1) is 21.9 Å². The zero-order valence-corrected chi connectivity index (χ0v) is 15.8. The van der Waals surface area contributed by atoms with Crippen molar-refractivity contribution in [2.24, 2.45) is 0 Å². The van der Waals surface area contributed by atoms with Crippen LogP contribution in [0.1, 0.15) is 5.56 Å². The van der Waals surface area contributed by atoms with Gasteiger partial charge in [-0.05, 0) is 23.8 Å². The molecule has 7 heteroatoms. The van der Waals surface area contributed by atoms with Gasteiger partial charge in [-0.25, -0.2) is 4.68 Å². The highest BCUT2D eigenvalue weighted by molar-refractivity contribution is 6.33. The number of benzene rings is 3. The fraction of sp³-hybridized carbons (Fsp3) is 0.136. The fourth-order valence-electron chi connectivity index (χ4n) is 4.00. The molecule has 3 aromatic carbocycles. The van der Waals surface area contributed by atoms with Crippen molar-refractivity contribution >= 4 is 28.2 Å². The molecule has 1 unspecified atom stereocenters. The van der Waals surface area contributed by atoms with E-state index in [0.717, 1.165) is 10.2 Å². The lowest BCUT2D eigenvalue weighted by Crippen LogP contribution is -2.57. The van der Waals surface area contributed by atoms with Crippen LogP contribution in [0.25, 0.3) is 22.2 Å². The van der Waals surface area contributed by atoms with E-state index in [1.54, 1.807) is 60.7 Å². The number of halogens is 4. The minimum absolute atomic E-state index is 0.205. The largest absolute Gasteiger partial charge is 0.432 e. The van der Waals surface area contributed by atoms with Crippen LogP contribution in [0.4, 0.5) is 18.9 Å². The Hall–Kier alpha value is -2.99. The van der Waals surface area contributed by atoms with Crippen molar-refractivity contribution in [2.45, 2.75) is 18.3 Å². The van der Waals surface area contributed by atoms with E-state index in [4.69, 9.17) is 11.6 Å². The number of nitrogens with zero attached hydrogens (tertiary/aromatic N) is 2. The van der Waals surface area contributed by atoms with Crippen molar-refractivity contribution in [1.82, 2.24) is 9.78 Å². The second-order valence-corrected chi connectivity index (χ2v) is 7.48. The van der Waals surface area contributed by atoms with Crippen LogP contribution in [0.15, 0.2) is 72.8 Å². The van der Waals surface area contributed by atoms with Crippen molar-refractivity contribution in [3.63, 3.8) is 0 Å². The van der Waals surface area contributed by atoms with Crippen LogP contribution in [-0.2, 0) is 12.1 Å². The van der Waals surface area contributed by atoms with Gasteiger partial charge >= 0.3 is 6.18 Å². The molecule has 29 heavy (non-hydrogen) atoms. The first-order valence-electron chi connectivity index (χ1n) is 9.07. The first kappa shape index (κ1) is 18.1. The summed E-state index contributed by atoms with van der Waals surface area (Å²) in [6.45, 7) is 0. The zero-order valence-electron chi connectivity index (χ0n) is 15.0. The molecular weight excluding hydrogens is 399 g/mol. The van der Waals surface area contributed by atoms with Crippen LogP contribution in [0, 0.1) is 0 Å². The Bertz CT molecular complexity index is 1230. The van der Waals surface area contributed by atoms with E-state index in [0.29, 0.717) is 22.2 Å². The van der Waals surface area contributed by atoms with Crippen LogP contribution < -0.4 is 5.32 Å². The third kappa shape index (κ3) is 2.63. The second-order valence-electron chi connectivity index (χ2n) is 7.07. The number of fused-ring (bicyclic) bond motifs is 5. The van der Waals surface area contributed by atoms with Gasteiger partial charge in [-0.3, -0.25) is 0 Å². The number of hydrogen-bond donors (Lipinski definition) is 1. The van der Waals surface area contributed by atoms with Gasteiger partial charge in [-0.2, -0.15) is 18.3 Å². The molecule has 0 aliphatic carbocycles. The molecule has 0 spiro atoms. The molecule has 1 aliphatic rings. The fourth-order valence-corrected chi connectivity index (χ4v) is 4.18. The van der Waals surface area contributed by atoms with E-state index < -0.39 is 11.8 Å². The molecule has 0 amide bonds. The Kier molecular flexibility index (Phi) is 3.90. The molecule has 0 fully saturated rings. The first-order chi connectivity index (χ1) is 13.9. The molecule has 0 saturated heterocycles. The number of aromatic nitrogens is 2. The molecule has 146 valence electrons. The smallest absolute Gasteiger partial charge is 0.352 e. The van der Waals surface area contributed by atoms with E-state index >= 15 is 0 Å². The summed E-state index contributed by atoms with van der Waals surface area (Å²) in [6, 6.07) is 20.7. The summed E-state index contributed by atoms with van der Waals surface area (Å²) in [6.07, 6.45) is -4.95. The summed E-state index contributed by atoms with van der Waals surface area (Å²) in [7, 11) is 0. The van der Waals surface area contributed by atoms with Crippen molar-refractivity contribution in [2.75, 3.05) is 5.32 Å². The summed E-state index contributed by atoms with van der Waals surface area (Å²) < 4.78 is 45.3. The average molecular weight is 414 g/mol. The molecule has 5 rings (SSSR count). The number of nitrogens with one attached hydrogen (secondary N) is 1. The van der Waals surface area contributed by atoms with Gasteiger partial charge in [0, 0.05) is 17.4 Å². The summed E-state index contributed by atoms with van der Waals surface area (Å²) in [4.78, 5) is 0. The summed E-state index contributed by atoms with van der Waals surface area (Å²) in [5.74, 6) is 0. The third-order valence-electron chi connectivity index (χ3n) is 5.34. The lowest BCUT2D eigenvalue weighted by Gasteiger charge is -2.42. The number of para-hydroxylation sites is 1. The van der Waals surface area contributed by atoms with E-state index in [1.807, 2.05) is 12.1 Å². The minimum atomic E-state index is -4.64. The maximum atomic E-state index is 14.7. The first-order valence-corrected chi connectivity index (χ1v) is 9.44. The van der Waals surface area contributed by atoms with Gasteiger partial charge in [0.25, 0.3) is 0 Å².